The van der Waals surface area contributed by atoms with Crippen LogP contribution in [-0.2, 0) is 4.74 Å². The Morgan fingerprint density at radius 3 is 2.67 bits per heavy atom. The molecule has 0 heterocycles. The Kier molecular flexibility index (Phi) is 5.38. The molecule has 0 aliphatic rings. The van der Waals surface area contributed by atoms with Gasteiger partial charge in [-0.15, -0.1) is 0 Å². The molecule has 1 aromatic rings. The van der Waals surface area contributed by atoms with Gasteiger partial charge in [0.25, 0.3) is 5.91 Å². The number of benzene rings is 1. The standard InChI is InChI=1S/C12H17FN2O3/c1-2-3-17-4-5-18-11-6-8(12(15)16)10(14)7-9(11)13/h6-7H,2-5,14H2,1H3,(H2,15,16). The highest BCUT2D eigenvalue weighted by atomic mass is 19.1. The summed E-state index contributed by atoms with van der Waals surface area (Å²) in [6, 6.07) is 2.22. The van der Waals surface area contributed by atoms with Crippen molar-refractivity contribution in [2.75, 3.05) is 25.6 Å². The number of amides is 1. The summed E-state index contributed by atoms with van der Waals surface area (Å²) in [6.45, 7) is 3.16. The van der Waals surface area contributed by atoms with Gasteiger partial charge in [-0.1, -0.05) is 6.92 Å². The minimum atomic E-state index is -0.723. The molecule has 0 radical (unpaired) electrons. The second-order valence-corrected chi connectivity index (χ2v) is 3.69. The summed E-state index contributed by atoms with van der Waals surface area (Å²) < 4.78 is 23.8. The molecule has 0 aliphatic carbocycles. The van der Waals surface area contributed by atoms with E-state index in [4.69, 9.17) is 20.9 Å². The van der Waals surface area contributed by atoms with Crippen molar-refractivity contribution in [3.05, 3.63) is 23.5 Å². The van der Waals surface area contributed by atoms with Crippen LogP contribution in [0.4, 0.5) is 10.1 Å². The number of halogens is 1. The fourth-order valence-electron chi connectivity index (χ4n) is 1.35. The molecule has 0 atom stereocenters. The highest BCUT2D eigenvalue weighted by Gasteiger charge is 2.12. The molecule has 0 unspecified atom stereocenters. The summed E-state index contributed by atoms with van der Waals surface area (Å²) in [5.74, 6) is -1.41. The van der Waals surface area contributed by atoms with Crippen LogP contribution in [0.5, 0.6) is 5.75 Å². The third kappa shape index (κ3) is 3.89. The third-order valence-electron chi connectivity index (χ3n) is 2.20. The normalized spacial score (nSPS) is 10.3. The van der Waals surface area contributed by atoms with Gasteiger partial charge in [-0.3, -0.25) is 4.79 Å². The number of nitrogens with two attached hydrogens (primary N) is 2. The quantitative estimate of drug-likeness (QED) is 0.568. The summed E-state index contributed by atoms with van der Waals surface area (Å²) in [5.41, 5.74) is 10.6. The monoisotopic (exact) mass is 256 g/mol. The molecular formula is C12H17FN2O3. The average Bonchev–Trinajstić information content (AvgIpc) is 2.30. The molecule has 0 saturated carbocycles. The molecule has 4 N–H and O–H groups in total. The van der Waals surface area contributed by atoms with E-state index in [9.17, 15) is 9.18 Å². The largest absolute Gasteiger partial charge is 0.488 e. The summed E-state index contributed by atoms with van der Waals surface area (Å²) in [7, 11) is 0. The fourth-order valence-corrected chi connectivity index (χ4v) is 1.35. The van der Waals surface area contributed by atoms with E-state index >= 15 is 0 Å². The minimum absolute atomic E-state index is 0.00502. The van der Waals surface area contributed by atoms with E-state index in [2.05, 4.69) is 0 Å². The first-order valence-electron chi connectivity index (χ1n) is 5.65. The van der Waals surface area contributed by atoms with Crippen LogP contribution >= 0.6 is 0 Å². The SMILES string of the molecule is CCCOCCOc1cc(C(N)=O)c(N)cc1F. The Balaban J connectivity index is 2.65. The van der Waals surface area contributed by atoms with E-state index in [1.54, 1.807) is 0 Å². The molecule has 1 aromatic carbocycles. The fraction of sp³-hybridized carbons (Fsp3) is 0.417. The van der Waals surface area contributed by atoms with E-state index in [1.165, 1.54) is 6.07 Å². The number of rotatable bonds is 7. The predicted octanol–water partition coefficient (Wildman–Crippen LogP) is 1.31. The molecule has 0 aliphatic heterocycles. The zero-order chi connectivity index (χ0) is 13.5. The number of anilines is 1. The van der Waals surface area contributed by atoms with Gasteiger partial charge in [0.15, 0.2) is 11.6 Å². The number of ether oxygens (including phenoxy) is 2. The Labute approximate surface area is 105 Å². The Hall–Kier alpha value is -1.82. The first-order chi connectivity index (χ1) is 8.56. The Morgan fingerprint density at radius 1 is 1.33 bits per heavy atom. The Morgan fingerprint density at radius 2 is 2.06 bits per heavy atom. The van der Waals surface area contributed by atoms with Crippen molar-refractivity contribution in [2.24, 2.45) is 5.73 Å². The van der Waals surface area contributed by atoms with Crippen molar-refractivity contribution >= 4 is 11.6 Å². The van der Waals surface area contributed by atoms with Crippen LogP contribution in [0.1, 0.15) is 23.7 Å². The molecule has 0 saturated heterocycles. The molecule has 6 heteroatoms. The zero-order valence-corrected chi connectivity index (χ0v) is 10.2. The molecule has 0 aromatic heterocycles. The number of hydrogen-bond acceptors (Lipinski definition) is 4. The van der Waals surface area contributed by atoms with Gasteiger partial charge in [0, 0.05) is 18.4 Å². The molecule has 1 rings (SSSR count). The van der Waals surface area contributed by atoms with Gasteiger partial charge in [0.1, 0.15) is 6.61 Å². The molecule has 0 bridgehead atoms. The lowest BCUT2D eigenvalue weighted by Crippen LogP contribution is -2.15. The minimum Gasteiger partial charge on any atom is -0.488 e. The van der Waals surface area contributed by atoms with Gasteiger partial charge in [-0.2, -0.15) is 0 Å². The van der Waals surface area contributed by atoms with E-state index in [0.29, 0.717) is 13.2 Å². The summed E-state index contributed by atoms with van der Waals surface area (Å²) in [6.07, 6.45) is 0.905. The maximum absolute atomic E-state index is 13.5. The lowest BCUT2D eigenvalue weighted by molar-refractivity contribution is 0.0983. The predicted molar refractivity (Wildman–Crippen MR) is 65.9 cm³/mol. The van der Waals surface area contributed by atoms with Crippen molar-refractivity contribution in [1.29, 1.82) is 0 Å². The molecular weight excluding hydrogens is 239 g/mol. The zero-order valence-electron chi connectivity index (χ0n) is 10.2. The van der Waals surface area contributed by atoms with Crippen LogP contribution in [0.3, 0.4) is 0 Å². The van der Waals surface area contributed by atoms with Gasteiger partial charge in [-0.05, 0) is 12.5 Å². The average molecular weight is 256 g/mol. The van der Waals surface area contributed by atoms with Crippen LogP contribution in [0.15, 0.2) is 12.1 Å². The van der Waals surface area contributed by atoms with Crippen LogP contribution in [0.2, 0.25) is 0 Å². The first kappa shape index (κ1) is 14.2. The van der Waals surface area contributed by atoms with Crippen molar-refractivity contribution in [1.82, 2.24) is 0 Å². The van der Waals surface area contributed by atoms with E-state index in [0.717, 1.165) is 12.5 Å². The molecule has 18 heavy (non-hydrogen) atoms. The highest BCUT2D eigenvalue weighted by molar-refractivity contribution is 5.98. The summed E-state index contributed by atoms with van der Waals surface area (Å²) in [5, 5.41) is 0. The molecule has 1 amide bonds. The maximum atomic E-state index is 13.5. The molecule has 0 fully saturated rings. The molecule has 5 nitrogen and oxygen atoms in total. The van der Waals surface area contributed by atoms with Gasteiger partial charge in [0.2, 0.25) is 0 Å². The van der Waals surface area contributed by atoms with Crippen LogP contribution in [-0.4, -0.2) is 25.7 Å². The van der Waals surface area contributed by atoms with Gasteiger partial charge in [-0.25, -0.2) is 4.39 Å². The van der Waals surface area contributed by atoms with E-state index in [1.807, 2.05) is 6.92 Å². The lowest BCUT2D eigenvalue weighted by atomic mass is 10.1. The second-order valence-electron chi connectivity index (χ2n) is 3.69. The number of nitrogen functional groups attached to an aromatic ring is 1. The van der Waals surface area contributed by atoms with Crippen molar-refractivity contribution in [3.63, 3.8) is 0 Å². The number of carbonyl (C=O) groups is 1. The number of carbonyl (C=O) groups excluding carboxylic acids is 1. The van der Waals surface area contributed by atoms with Crippen molar-refractivity contribution in [3.8, 4) is 5.75 Å². The molecule has 100 valence electrons. The highest BCUT2D eigenvalue weighted by Crippen LogP contribution is 2.23. The summed E-state index contributed by atoms with van der Waals surface area (Å²) >= 11 is 0. The Bertz CT molecular complexity index is 424. The van der Waals surface area contributed by atoms with Crippen LogP contribution in [0, 0.1) is 5.82 Å². The summed E-state index contributed by atoms with van der Waals surface area (Å²) in [4.78, 5) is 11.0. The maximum Gasteiger partial charge on any atom is 0.250 e. The lowest BCUT2D eigenvalue weighted by Gasteiger charge is -2.10. The topological polar surface area (TPSA) is 87.6 Å². The number of hydrogen-bond donors (Lipinski definition) is 2. The van der Waals surface area contributed by atoms with Crippen LogP contribution in [0.25, 0.3) is 0 Å². The van der Waals surface area contributed by atoms with Crippen molar-refractivity contribution < 1.29 is 18.7 Å². The third-order valence-corrected chi connectivity index (χ3v) is 2.20. The van der Waals surface area contributed by atoms with E-state index < -0.39 is 11.7 Å². The van der Waals surface area contributed by atoms with E-state index in [-0.39, 0.29) is 23.6 Å². The molecule has 0 spiro atoms. The first-order valence-corrected chi connectivity index (χ1v) is 5.65. The number of primary amides is 1. The van der Waals surface area contributed by atoms with Crippen LogP contribution < -0.4 is 16.2 Å². The van der Waals surface area contributed by atoms with Crippen molar-refractivity contribution in [2.45, 2.75) is 13.3 Å². The smallest absolute Gasteiger partial charge is 0.250 e. The second kappa shape index (κ2) is 6.80. The van der Waals surface area contributed by atoms with Gasteiger partial charge >= 0.3 is 0 Å². The van der Waals surface area contributed by atoms with Gasteiger partial charge in [0.05, 0.1) is 12.2 Å². The van der Waals surface area contributed by atoms with Gasteiger partial charge < -0.3 is 20.9 Å².